The second-order valence-corrected chi connectivity index (χ2v) is 12.2. The van der Waals surface area contributed by atoms with Gasteiger partial charge in [-0.2, -0.15) is 15.2 Å². The molecule has 10 heteroatoms. The van der Waals surface area contributed by atoms with Crippen molar-refractivity contribution < 1.29 is 13.5 Å². The number of aromatic nitrogens is 2. The molecule has 0 unspecified atom stereocenters. The molecule has 1 aromatic heterocycles. The molecule has 1 N–H and O–H groups in total. The van der Waals surface area contributed by atoms with Crippen molar-refractivity contribution in [2.45, 2.75) is 63.1 Å². The zero-order chi connectivity index (χ0) is 28.7. The van der Waals surface area contributed by atoms with Gasteiger partial charge in [-0.3, -0.25) is 4.90 Å². The predicted molar refractivity (Wildman–Crippen MR) is 158 cm³/mol. The summed E-state index contributed by atoms with van der Waals surface area (Å²) in [5.41, 5.74) is 2.91. The molecule has 1 atom stereocenters. The average molecular weight is 574 g/mol. The van der Waals surface area contributed by atoms with Crippen molar-refractivity contribution in [3.8, 4) is 12.1 Å². The van der Waals surface area contributed by atoms with Crippen molar-refractivity contribution >= 4 is 22.3 Å². The summed E-state index contributed by atoms with van der Waals surface area (Å²) in [5, 5.41) is 14.5. The van der Waals surface area contributed by atoms with Gasteiger partial charge in [0.05, 0.1) is 30.3 Å². The Bertz CT molecular complexity index is 1500. The molecule has 0 amide bonds. The number of hydrogen-bond donors (Lipinski definition) is 1. The normalized spacial score (nSPS) is 21.9. The molecule has 1 saturated carbocycles. The van der Waals surface area contributed by atoms with E-state index in [1.165, 1.54) is 12.8 Å². The molecule has 2 saturated heterocycles. The Morgan fingerprint density at radius 2 is 1.90 bits per heavy atom. The van der Waals surface area contributed by atoms with Gasteiger partial charge in [-0.1, -0.05) is 24.3 Å². The van der Waals surface area contributed by atoms with Crippen LogP contribution in [0.3, 0.4) is 0 Å². The number of ether oxygens (including phenoxy) is 1. The van der Waals surface area contributed by atoms with Crippen LogP contribution in [-0.4, -0.2) is 72.3 Å². The number of anilines is 2. The van der Waals surface area contributed by atoms with Crippen LogP contribution >= 0.6 is 0 Å². The van der Waals surface area contributed by atoms with Gasteiger partial charge in [-0.05, 0) is 62.7 Å². The smallest absolute Gasteiger partial charge is 0.318 e. The number of piperazine rings is 1. The highest BCUT2D eigenvalue weighted by Crippen LogP contribution is 2.44. The maximum atomic E-state index is 13.9. The number of benzene rings is 2. The molecular weight excluding hydrogens is 536 g/mol. The van der Waals surface area contributed by atoms with E-state index in [9.17, 15) is 14.0 Å². The molecule has 3 aromatic rings. The molecule has 7 rings (SSSR count). The van der Waals surface area contributed by atoms with Gasteiger partial charge in [0.1, 0.15) is 12.4 Å². The summed E-state index contributed by atoms with van der Waals surface area (Å²) in [4.78, 5) is 17.0. The van der Waals surface area contributed by atoms with E-state index in [2.05, 4.69) is 26.1 Å². The number of nitrogens with one attached hydrogen (secondary N) is 1. The molecule has 0 bridgehead atoms. The maximum Gasteiger partial charge on any atom is 0.318 e. The van der Waals surface area contributed by atoms with Crippen molar-refractivity contribution in [2.75, 3.05) is 55.7 Å². The third kappa shape index (κ3) is 5.25. The number of halogens is 2. The fourth-order valence-electron chi connectivity index (χ4n) is 6.97. The quantitative estimate of drug-likeness (QED) is 0.411. The molecule has 0 radical (unpaired) electrons. The largest absolute Gasteiger partial charge is 0.461 e. The van der Waals surface area contributed by atoms with E-state index < -0.39 is 6.43 Å². The van der Waals surface area contributed by atoms with Gasteiger partial charge in [-0.15, -0.1) is 0 Å². The van der Waals surface area contributed by atoms with Gasteiger partial charge >= 0.3 is 6.01 Å². The first-order valence-corrected chi connectivity index (χ1v) is 15.2. The number of hydrogen-bond acceptors (Lipinski definition) is 8. The summed E-state index contributed by atoms with van der Waals surface area (Å²) in [6, 6.07) is 13.7. The first kappa shape index (κ1) is 27.3. The van der Waals surface area contributed by atoms with Crippen molar-refractivity contribution in [1.29, 1.82) is 5.26 Å². The summed E-state index contributed by atoms with van der Waals surface area (Å²) in [6.45, 7) is 6.25. The van der Waals surface area contributed by atoms with Crippen LogP contribution in [0.4, 0.5) is 20.3 Å². The molecule has 42 heavy (non-hydrogen) atoms. The van der Waals surface area contributed by atoms with E-state index in [4.69, 9.17) is 14.7 Å². The standard InChI is InChI=1S/C32H37F2N7O/c33-29(34)23-17-22-5-1-2-6-25(22)28(18-23)39-15-8-26-27(20-39)37-31(42-21-32(9-10-32)41-13-3-4-14-41)38-30(26)40-16-12-36-24(19-40)7-11-35/h1-2,5-6,17-18,24,29,36H,3-4,7-10,12-16,19-21H2/t24-/m0/s1. The molecule has 0 spiro atoms. The number of fused-ring (bicyclic) bond motifs is 2. The Kier molecular flexibility index (Phi) is 7.32. The fourth-order valence-corrected chi connectivity index (χ4v) is 6.97. The van der Waals surface area contributed by atoms with E-state index in [1.54, 1.807) is 12.1 Å². The number of nitriles is 1. The predicted octanol–water partition coefficient (Wildman–Crippen LogP) is 4.83. The van der Waals surface area contributed by atoms with Gasteiger partial charge in [0.15, 0.2) is 0 Å². The van der Waals surface area contributed by atoms with E-state index in [-0.39, 0.29) is 17.1 Å². The van der Waals surface area contributed by atoms with Crippen LogP contribution in [0.5, 0.6) is 6.01 Å². The molecule has 4 heterocycles. The molecule has 220 valence electrons. The van der Waals surface area contributed by atoms with Crippen LogP contribution in [0.1, 0.15) is 55.4 Å². The minimum absolute atomic E-state index is 0.0305. The highest BCUT2D eigenvalue weighted by Gasteiger charge is 2.49. The van der Waals surface area contributed by atoms with E-state index in [1.807, 2.05) is 24.3 Å². The third-order valence-corrected chi connectivity index (χ3v) is 9.44. The van der Waals surface area contributed by atoms with Crippen LogP contribution in [0.15, 0.2) is 36.4 Å². The average Bonchev–Trinajstić information content (AvgIpc) is 3.60. The highest BCUT2D eigenvalue weighted by atomic mass is 19.3. The fraction of sp³-hybridized carbons (Fsp3) is 0.531. The lowest BCUT2D eigenvalue weighted by Gasteiger charge is -2.37. The van der Waals surface area contributed by atoms with E-state index in [0.29, 0.717) is 45.1 Å². The Morgan fingerprint density at radius 3 is 2.69 bits per heavy atom. The molecular formula is C32H37F2N7O. The molecule has 1 aliphatic carbocycles. The number of likely N-dealkylation sites (tertiary alicyclic amines) is 1. The molecule has 4 aliphatic rings. The minimum atomic E-state index is -2.54. The SMILES string of the molecule is N#CC[C@H]1CN(c2nc(OCC3(N4CCCC4)CC3)nc3c2CCN(c2cc(C(F)F)cc4ccccc24)C3)CCN1. The molecule has 3 aliphatic heterocycles. The number of alkyl halides is 2. The lowest BCUT2D eigenvalue weighted by Crippen LogP contribution is -2.51. The Balaban J connectivity index is 1.22. The van der Waals surface area contributed by atoms with Crippen LogP contribution in [-0.2, 0) is 13.0 Å². The van der Waals surface area contributed by atoms with E-state index >= 15 is 0 Å². The van der Waals surface area contributed by atoms with Crippen molar-refractivity contribution in [3.63, 3.8) is 0 Å². The monoisotopic (exact) mass is 573 g/mol. The van der Waals surface area contributed by atoms with Crippen molar-refractivity contribution in [2.24, 2.45) is 0 Å². The topological polar surface area (TPSA) is 80.5 Å². The first-order valence-electron chi connectivity index (χ1n) is 15.2. The van der Waals surface area contributed by atoms with Crippen LogP contribution in [0.25, 0.3) is 10.8 Å². The van der Waals surface area contributed by atoms with Crippen molar-refractivity contribution in [1.82, 2.24) is 20.2 Å². The summed E-state index contributed by atoms with van der Waals surface area (Å²) >= 11 is 0. The van der Waals surface area contributed by atoms with E-state index in [0.717, 1.165) is 72.6 Å². The zero-order valence-electron chi connectivity index (χ0n) is 23.9. The third-order valence-electron chi connectivity index (χ3n) is 9.44. The zero-order valence-corrected chi connectivity index (χ0v) is 23.9. The summed E-state index contributed by atoms with van der Waals surface area (Å²) in [6.07, 6.45) is 3.35. The van der Waals surface area contributed by atoms with Gasteiger partial charge in [0.25, 0.3) is 6.43 Å². The van der Waals surface area contributed by atoms with Gasteiger partial charge in [0, 0.05) is 54.4 Å². The van der Waals surface area contributed by atoms with Crippen LogP contribution < -0.4 is 19.9 Å². The summed E-state index contributed by atoms with van der Waals surface area (Å²) in [5.74, 6) is 0.885. The minimum Gasteiger partial charge on any atom is -0.461 e. The van der Waals surface area contributed by atoms with Crippen molar-refractivity contribution in [3.05, 3.63) is 53.2 Å². The lowest BCUT2D eigenvalue weighted by atomic mass is 10.00. The molecule has 3 fully saturated rings. The van der Waals surface area contributed by atoms with Crippen LogP contribution in [0.2, 0.25) is 0 Å². The Labute approximate surface area is 245 Å². The number of nitrogens with zero attached hydrogens (tertiary/aromatic N) is 6. The van der Waals surface area contributed by atoms with Crippen LogP contribution in [0, 0.1) is 11.3 Å². The molecule has 8 nitrogen and oxygen atoms in total. The summed E-state index contributed by atoms with van der Waals surface area (Å²) in [7, 11) is 0. The van der Waals surface area contributed by atoms with Gasteiger partial charge in [-0.25, -0.2) is 8.78 Å². The Morgan fingerprint density at radius 1 is 1.07 bits per heavy atom. The maximum absolute atomic E-state index is 13.9. The molecule has 2 aromatic carbocycles. The number of rotatable bonds is 8. The Hall–Kier alpha value is -3.55. The highest BCUT2D eigenvalue weighted by molar-refractivity contribution is 5.95. The lowest BCUT2D eigenvalue weighted by molar-refractivity contribution is 0.134. The first-order chi connectivity index (χ1) is 20.5. The summed E-state index contributed by atoms with van der Waals surface area (Å²) < 4.78 is 34.2. The van der Waals surface area contributed by atoms with Gasteiger partial charge in [0.2, 0.25) is 0 Å². The second kappa shape index (κ2) is 11.3. The van der Waals surface area contributed by atoms with Gasteiger partial charge < -0.3 is 19.9 Å². The second-order valence-electron chi connectivity index (χ2n) is 12.2.